The van der Waals surface area contributed by atoms with Crippen molar-refractivity contribution in [2.75, 3.05) is 20.1 Å². The largest absolute Gasteiger partial charge is 0.341 e. The standard InChI is InChI=1S/C16H23FN2O/c1-19(12-14-4-7-15(17)8-5-14)16(20)9-6-13-3-2-10-18-11-13/h4-5,7-8,13,18H,2-3,6,9-12H2,1H3. The molecule has 1 saturated heterocycles. The van der Waals surface area contributed by atoms with Gasteiger partial charge in [0.2, 0.25) is 5.91 Å². The van der Waals surface area contributed by atoms with Crippen LogP contribution in [-0.2, 0) is 11.3 Å². The maximum atomic E-state index is 12.8. The third-order valence-electron chi connectivity index (χ3n) is 3.92. The summed E-state index contributed by atoms with van der Waals surface area (Å²) in [5.74, 6) is 0.555. The van der Waals surface area contributed by atoms with Gasteiger partial charge in [0, 0.05) is 20.0 Å². The third-order valence-corrected chi connectivity index (χ3v) is 3.92. The molecule has 1 aromatic rings. The van der Waals surface area contributed by atoms with Gasteiger partial charge in [0.15, 0.2) is 0 Å². The Bertz CT molecular complexity index is 427. The smallest absolute Gasteiger partial charge is 0.222 e. The molecule has 1 unspecified atom stereocenters. The Kier molecular flexibility index (Phi) is 5.53. The SMILES string of the molecule is CN(Cc1ccc(F)cc1)C(=O)CCC1CCCNC1. The number of carbonyl (C=O) groups excluding carboxylic acids is 1. The average molecular weight is 278 g/mol. The Morgan fingerprint density at radius 1 is 1.40 bits per heavy atom. The summed E-state index contributed by atoms with van der Waals surface area (Å²) in [6.07, 6.45) is 4.00. The molecular formula is C16H23FN2O. The topological polar surface area (TPSA) is 32.3 Å². The van der Waals surface area contributed by atoms with Crippen molar-refractivity contribution < 1.29 is 9.18 Å². The van der Waals surface area contributed by atoms with Crippen LogP contribution in [0, 0.1) is 11.7 Å². The Morgan fingerprint density at radius 3 is 2.80 bits per heavy atom. The Balaban J connectivity index is 1.75. The first-order chi connectivity index (χ1) is 9.65. The summed E-state index contributed by atoms with van der Waals surface area (Å²) in [7, 11) is 1.81. The number of hydrogen-bond acceptors (Lipinski definition) is 2. The van der Waals surface area contributed by atoms with E-state index in [4.69, 9.17) is 0 Å². The number of amides is 1. The molecule has 2 rings (SSSR count). The second-order valence-electron chi connectivity index (χ2n) is 5.63. The van der Waals surface area contributed by atoms with Gasteiger partial charge in [-0.2, -0.15) is 0 Å². The van der Waals surface area contributed by atoms with E-state index in [0.29, 0.717) is 18.9 Å². The van der Waals surface area contributed by atoms with Gasteiger partial charge >= 0.3 is 0 Å². The van der Waals surface area contributed by atoms with Crippen LogP contribution in [-0.4, -0.2) is 30.9 Å². The lowest BCUT2D eigenvalue weighted by Crippen LogP contribution is -2.31. The van der Waals surface area contributed by atoms with E-state index in [1.165, 1.54) is 25.0 Å². The summed E-state index contributed by atoms with van der Waals surface area (Å²) in [5.41, 5.74) is 0.960. The first-order valence-corrected chi connectivity index (χ1v) is 7.34. The van der Waals surface area contributed by atoms with E-state index in [1.807, 2.05) is 7.05 Å². The van der Waals surface area contributed by atoms with Crippen LogP contribution in [0.25, 0.3) is 0 Å². The van der Waals surface area contributed by atoms with Gasteiger partial charge in [-0.25, -0.2) is 4.39 Å². The second-order valence-corrected chi connectivity index (χ2v) is 5.63. The van der Waals surface area contributed by atoms with Gasteiger partial charge < -0.3 is 10.2 Å². The predicted octanol–water partition coefficient (Wildman–Crippen LogP) is 2.56. The number of hydrogen-bond donors (Lipinski definition) is 1. The van der Waals surface area contributed by atoms with Crippen molar-refractivity contribution in [2.24, 2.45) is 5.92 Å². The van der Waals surface area contributed by atoms with Crippen molar-refractivity contribution in [3.63, 3.8) is 0 Å². The second kappa shape index (κ2) is 7.39. The summed E-state index contributed by atoms with van der Waals surface area (Å²) < 4.78 is 12.8. The molecule has 1 amide bonds. The molecule has 1 aromatic carbocycles. The fourth-order valence-corrected chi connectivity index (χ4v) is 2.64. The molecule has 20 heavy (non-hydrogen) atoms. The molecule has 4 heteroatoms. The van der Waals surface area contributed by atoms with E-state index in [2.05, 4.69) is 5.32 Å². The molecule has 0 aliphatic carbocycles. The molecule has 1 aliphatic rings. The molecule has 0 saturated carbocycles. The Labute approximate surface area is 120 Å². The lowest BCUT2D eigenvalue weighted by atomic mass is 9.94. The normalized spacial score (nSPS) is 18.8. The van der Waals surface area contributed by atoms with Crippen LogP contribution in [0.1, 0.15) is 31.2 Å². The van der Waals surface area contributed by atoms with Gasteiger partial charge in [-0.05, 0) is 56.0 Å². The highest BCUT2D eigenvalue weighted by molar-refractivity contribution is 5.75. The number of rotatable bonds is 5. The number of nitrogens with one attached hydrogen (secondary N) is 1. The Morgan fingerprint density at radius 2 is 2.15 bits per heavy atom. The summed E-state index contributed by atoms with van der Waals surface area (Å²) in [6.45, 7) is 2.69. The highest BCUT2D eigenvalue weighted by Crippen LogP contribution is 2.17. The molecule has 110 valence electrons. The number of piperidine rings is 1. The van der Waals surface area contributed by atoms with Gasteiger partial charge in [0.25, 0.3) is 0 Å². The molecule has 3 nitrogen and oxygen atoms in total. The minimum atomic E-state index is -0.243. The summed E-state index contributed by atoms with van der Waals surface area (Å²) in [5, 5.41) is 3.37. The van der Waals surface area contributed by atoms with Crippen LogP contribution in [0.5, 0.6) is 0 Å². The molecule has 0 bridgehead atoms. The third kappa shape index (κ3) is 4.60. The zero-order valence-corrected chi connectivity index (χ0v) is 12.1. The van der Waals surface area contributed by atoms with Crippen LogP contribution < -0.4 is 5.32 Å². The lowest BCUT2D eigenvalue weighted by molar-refractivity contribution is -0.130. The molecule has 1 aliphatic heterocycles. The minimum Gasteiger partial charge on any atom is -0.341 e. The summed E-state index contributed by atoms with van der Waals surface area (Å²) in [4.78, 5) is 13.8. The van der Waals surface area contributed by atoms with Crippen molar-refractivity contribution >= 4 is 5.91 Å². The van der Waals surface area contributed by atoms with Gasteiger partial charge in [-0.15, -0.1) is 0 Å². The molecule has 0 aromatic heterocycles. The zero-order valence-electron chi connectivity index (χ0n) is 12.1. The first kappa shape index (κ1) is 15.0. The molecule has 1 N–H and O–H groups in total. The molecular weight excluding hydrogens is 255 g/mol. The van der Waals surface area contributed by atoms with Crippen LogP contribution in [0.3, 0.4) is 0 Å². The van der Waals surface area contributed by atoms with Crippen molar-refractivity contribution in [3.8, 4) is 0 Å². The fourth-order valence-electron chi connectivity index (χ4n) is 2.64. The first-order valence-electron chi connectivity index (χ1n) is 7.34. The van der Waals surface area contributed by atoms with Crippen molar-refractivity contribution in [2.45, 2.75) is 32.2 Å². The van der Waals surface area contributed by atoms with Crippen LogP contribution in [0.4, 0.5) is 4.39 Å². The zero-order chi connectivity index (χ0) is 14.4. The van der Waals surface area contributed by atoms with Crippen LogP contribution in [0.15, 0.2) is 24.3 Å². The van der Waals surface area contributed by atoms with E-state index in [1.54, 1.807) is 17.0 Å². The number of carbonyl (C=O) groups is 1. The van der Waals surface area contributed by atoms with Gasteiger partial charge in [0.05, 0.1) is 0 Å². The Hall–Kier alpha value is -1.42. The molecule has 0 spiro atoms. The highest BCUT2D eigenvalue weighted by atomic mass is 19.1. The molecule has 1 fully saturated rings. The van der Waals surface area contributed by atoms with Crippen LogP contribution in [0.2, 0.25) is 0 Å². The molecule has 0 radical (unpaired) electrons. The van der Waals surface area contributed by atoms with E-state index >= 15 is 0 Å². The van der Waals surface area contributed by atoms with Crippen LogP contribution >= 0.6 is 0 Å². The number of nitrogens with zero attached hydrogens (tertiary/aromatic N) is 1. The van der Waals surface area contributed by atoms with Gasteiger partial charge in [-0.1, -0.05) is 12.1 Å². The lowest BCUT2D eigenvalue weighted by Gasteiger charge is -2.23. The molecule has 1 heterocycles. The minimum absolute atomic E-state index is 0.167. The van der Waals surface area contributed by atoms with Crippen molar-refractivity contribution in [1.82, 2.24) is 10.2 Å². The summed E-state index contributed by atoms with van der Waals surface area (Å²) in [6, 6.07) is 6.32. The van der Waals surface area contributed by atoms with E-state index in [9.17, 15) is 9.18 Å². The van der Waals surface area contributed by atoms with E-state index in [0.717, 1.165) is 25.1 Å². The van der Waals surface area contributed by atoms with E-state index < -0.39 is 0 Å². The maximum absolute atomic E-state index is 12.8. The maximum Gasteiger partial charge on any atom is 0.222 e. The molecule has 1 atom stereocenters. The van der Waals surface area contributed by atoms with Gasteiger partial charge in [-0.3, -0.25) is 4.79 Å². The predicted molar refractivity (Wildman–Crippen MR) is 77.7 cm³/mol. The fraction of sp³-hybridized carbons (Fsp3) is 0.562. The number of halogens is 1. The van der Waals surface area contributed by atoms with Crippen molar-refractivity contribution in [1.29, 1.82) is 0 Å². The van der Waals surface area contributed by atoms with E-state index in [-0.39, 0.29) is 11.7 Å². The quantitative estimate of drug-likeness (QED) is 0.898. The number of benzene rings is 1. The van der Waals surface area contributed by atoms with Gasteiger partial charge in [0.1, 0.15) is 5.82 Å². The highest BCUT2D eigenvalue weighted by Gasteiger charge is 2.16. The average Bonchev–Trinajstić information content (AvgIpc) is 2.48. The monoisotopic (exact) mass is 278 g/mol. The van der Waals surface area contributed by atoms with Crippen molar-refractivity contribution in [3.05, 3.63) is 35.6 Å². The summed E-state index contributed by atoms with van der Waals surface area (Å²) >= 11 is 0.